The Kier molecular flexibility index (Phi) is 4.64. The van der Waals surface area contributed by atoms with E-state index >= 15 is 0 Å². The van der Waals surface area contributed by atoms with Crippen LogP contribution in [0, 0.1) is 5.82 Å². The van der Waals surface area contributed by atoms with Gasteiger partial charge in [0.05, 0.1) is 10.6 Å². The molecule has 2 aromatic rings. The lowest BCUT2D eigenvalue weighted by molar-refractivity contribution is 0.0954. The predicted octanol–water partition coefficient (Wildman–Crippen LogP) is 2.31. The number of anilines is 1. The molecule has 0 radical (unpaired) electrons. The van der Waals surface area contributed by atoms with Crippen molar-refractivity contribution in [3.05, 3.63) is 59.4 Å². The molecule has 1 aliphatic rings. The molecule has 0 saturated carbocycles. The zero-order valence-corrected chi connectivity index (χ0v) is 15.1. The standard InChI is InChI=1S/C18H17FN2O4S/c1-20(2)26(24,25)14-6-3-12(4-7-14)18(23)21-10-9-17(22)15-11-13(19)5-8-16(15)21/h3-8,11H,9-10H2,1-2H3. The maximum Gasteiger partial charge on any atom is 0.258 e. The fraction of sp³-hybridized carbons (Fsp3) is 0.222. The highest BCUT2D eigenvalue weighted by Gasteiger charge is 2.28. The Bertz CT molecular complexity index is 985. The minimum atomic E-state index is -3.58. The van der Waals surface area contributed by atoms with Crippen LogP contribution in [0.3, 0.4) is 0 Å². The lowest BCUT2D eigenvalue weighted by atomic mass is 9.99. The Morgan fingerprint density at radius 2 is 1.77 bits per heavy atom. The number of benzene rings is 2. The number of sulfonamides is 1. The SMILES string of the molecule is CN(C)S(=O)(=O)c1ccc(C(=O)N2CCC(=O)c3cc(F)ccc32)cc1. The molecule has 0 aliphatic carbocycles. The minimum Gasteiger partial charge on any atom is -0.307 e. The highest BCUT2D eigenvalue weighted by Crippen LogP contribution is 2.29. The molecule has 0 unspecified atom stereocenters. The molecule has 0 N–H and O–H groups in total. The first-order chi connectivity index (χ1) is 12.2. The highest BCUT2D eigenvalue weighted by molar-refractivity contribution is 7.89. The summed E-state index contributed by atoms with van der Waals surface area (Å²) in [5, 5.41) is 0. The maximum absolute atomic E-state index is 13.4. The first kappa shape index (κ1) is 18.2. The Morgan fingerprint density at radius 3 is 2.38 bits per heavy atom. The van der Waals surface area contributed by atoms with Crippen LogP contribution in [0.15, 0.2) is 47.4 Å². The predicted molar refractivity (Wildman–Crippen MR) is 94.3 cm³/mol. The number of halogens is 1. The van der Waals surface area contributed by atoms with Gasteiger partial charge >= 0.3 is 0 Å². The van der Waals surface area contributed by atoms with Gasteiger partial charge in [-0.1, -0.05) is 0 Å². The summed E-state index contributed by atoms with van der Waals surface area (Å²) in [5.74, 6) is -1.13. The van der Waals surface area contributed by atoms with E-state index in [0.717, 1.165) is 10.4 Å². The maximum atomic E-state index is 13.4. The minimum absolute atomic E-state index is 0.0790. The topological polar surface area (TPSA) is 74.8 Å². The van der Waals surface area contributed by atoms with E-state index in [1.165, 1.54) is 55.4 Å². The molecular weight excluding hydrogens is 359 g/mol. The number of ketones is 1. The molecule has 1 aliphatic heterocycles. The smallest absolute Gasteiger partial charge is 0.258 e. The number of hydrogen-bond acceptors (Lipinski definition) is 4. The molecule has 136 valence electrons. The summed E-state index contributed by atoms with van der Waals surface area (Å²) in [6.07, 6.45) is 0.106. The van der Waals surface area contributed by atoms with Gasteiger partial charge in [-0.2, -0.15) is 0 Å². The van der Waals surface area contributed by atoms with Gasteiger partial charge in [-0.3, -0.25) is 9.59 Å². The molecule has 2 aromatic carbocycles. The highest BCUT2D eigenvalue weighted by atomic mass is 32.2. The Hall–Kier alpha value is -2.58. The van der Waals surface area contributed by atoms with Crippen molar-refractivity contribution in [2.24, 2.45) is 0 Å². The second-order valence-electron chi connectivity index (χ2n) is 6.10. The van der Waals surface area contributed by atoms with Crippen LogP contribution in [-0.4, -0.2) is 45.1 Å². The third-order valence-corrected chi connectivity index (χ3v) is 6.07. The van der Waals surface area contributed by atoms with Gasteiger partial charge in [0.2, 0.25) is 10.0 Å². The molecule has 0 aromatic heterocycles. The molecule has 0 saturated heterocycles. The van der Waals surface area contributed by atoms with E-state index in [1.54, 1.807) is 0 Å². The van der Waals surface area contributed by atoms with Crippen LogP contribution < -0.4 is 4.90 Å². The van der Waals surface area contributed by atoms with Crippen LogP contribution in [-0.2, 0) is 10.0 Å². The van der Waals surface area contributed by atoms with Crippen molar-refractivity contribution in [3.8, 4) is 0 Å². The number of hydrogen-bond donors (Lipinski definition) is 0. The van der Waals surface area contributed by atoms with Crippen molar-refractivity contribution in [2.75, 3.05) is 25.5 Å². The van der Waals surface area contributed by atoms with E-state index in [1.807, 2.05) is 0 Å². The lowest BCUT2D eigenvalue weighted by Crippen LogP contribution is -2.37. The third kappa shape index (κ3) is 3.13. The monoisotopic (exact) mass is 376 g/mol. The number of rotatable bonds is 3. The quantitative estimate of drug-likeness (QED) is 0.824. The summed E-state index contributed by atoms with van der Waals surface area (Å²) in [4.78, 5) is 26.3. The second kappa shape index (κ2) is 6.62. The molecule has 1 amide bonds. The molecule has 6 nitrogen and oxygen atoms in total. The van der Waals surface area contributed by atoms with Crippen molar-refractivity contribution in [1.29, 1.82) is 0 Å². The number of carbonyl (C=O) groups is 2. The largest absolute Gasteiger partial charge is 0.307 e. The number of amides is 1. The van der Waals surface area contributed by atoms with E-state index in [0.29, 0.717) is 5.69 Å². The summed E-state index contributed by atoms with van der Waals surface area (Å²) < 4.78 is 38.7. The van der Waals surface area contributed by atoms with Crippen LogP contribution in [0.5, 0.6) is 0 Å². The molecule has 0 bridgehead atoms. The van der Waals surface area contributed by atoms with Gasteiger partial charge in [-0.25, -0.2) is 17.1 Å². The third-order valence-electron chi connectivity index (χ3n) is 4.24. The molecule has 3 rings (SSSR count). The van der Waals surface area contributed by atoms with Gasteiger partial charge in [0, 0.05) is 38.2 Å². The molecule has 1 heterocycles. The van der Waals surface area contributed by atoms with Crippen LogP contribution in [0.2, 0.25) is 0 Å². The number of carbonyl (C=O) groups excluding carboxylic acids is 2. The Morgan fingerprint density at radius 1 is 1.12 bits per heavy atom. The normalized spacial score (nSPS) is 14.5. The van der Waals surface area contributed by atoms with Crippen molar-refractivity contribution in [2.45, 2.75) is 11.3 Å². The van der Waals surface area contributed by atoms with E-state index in [4.69, 9.17) is 0 Å². The van der Waals surface area contributed by atoms with E-state index in [9.17, 15) is 22.4 Å². The van der Waals surface area contributed by atoms with Gasteiger partial charge in [0.25, 0.3) is 5.91 Å². The molecule has 0 spiro atoms. The second-order valence-corrected chi connectivity index (χ2v) is 8.26. The van der Waals surface area contributed by atoms with Crippen molar-refractivity contribution < 1.29 is 22.4 Å². The number of nitrogens with zero attached hydrogens (tertiary/aromatic N) is 2. The van der Waals surface area contributed by atoms with Gasteiger partial charge in [-0.05, 0) is 42.5 Å². The van der Waals surface area contributed by atoms with Crippen LogP contribution >= 0.6 is 0 Å². The van der Waals surface area contributed by atoms with Gasteiger partial charge in [0.15, 0.2) is 5.78 Å². The van der Waals surface area contributed by atoms with Gasteiger partial charge in [-0.15, -0.1) is 0 Å². The van der Waals surface area contributed by atoms with Crippen LogP contribution in [0.1, 0.15) is 27.1 Å². The fourth-order valence-electron chi connectivity index (χ4n) is 2.78. The zero-order chi connectivity index (χ0) is 19.1. The molecular formula is C18H17FN2O4S. The first-order valence-electron chi connectivity index (χ1n) is 7.89. The summed E-state index contributed by atoms with van der Waals surface area (Å²) in [7, 11) is -0.731. The molecule has 26 heavy (non-hydrogen) atoms. The summed E-state index contributed by atoms with van der Waals surface area (Å²) >= 11 is 0. The fourth-order valence-corrected chi connectivity index (χ4v) is 3.68. The number of fused-ring (bicyclic) bond motifs is 1. The molecule has 8 heteroatoms. The number of Topliss-reactive ketones (excluding diaryl/α,β-unsaturated/α-hetero) is 1. The summed E-state index contributed by atoms with van der Waals surface area (Å²) in [6.45, 7) is 0.189. The Balaban J connectivity index is 1.94. The zero-order valence-electron chi connectivity index (χ0n) is 14.3. The van der Waals surface area contributed by atoms with Gasteiger partial charge in [0.1, 0.15) is 5.82 Å². The van der Waals surface area contributed by atoms with E-state index in [2.05, 4.69) is 0 Å². The van der Waals surface area contributed by atoms with Gasteiger partial charge < -0.3 is 4.90 Å². The Labute approximate surface area is 150 Å². The van der Waals surface area contributed by atoms with Crippen molar-refractivity contribution in [3.63, 3.8) is 0 Å². The molecule has 0 fully saturated rings. The summed E-state index contributed by atoms with van der Waals surface area (Å²) in [5.41, 5.74) is 0.821. The van der Waals surface area contributed by atoms with Crippen molar-refractivity contribution in [1.82, 2.24) is 4.31 Å². The van der Waals surface area contributed by atoms with Crippen molar-refractivity contribution >= 4 is 27.4 Å². The van der Waals surface area contributed by atoms with Crippen LogP contribution in [0.4, 0.5) is 10.1 Å². The van der Waals surface area contributed by atoms with Crippen LogP contribution in [0.25, 0.3) is 0 Å². The molecule has 0 atom stereocenters. The average molecular weight is 376 g/mol. The first-order valence-corrected chi connectivity index (χ1v) is 9.33. The van der Waals surface area contributed by atoms with E-state index < -0.39 is 15.8 Å². The van der Waals surface area contributed by atoms with E-state index in [-0.39, 0.29) is 40.7 Å². The summed E-state index contributed by atoms with van der Waals surface area (Å²) in [6, 6.07) is 9.32. The average Bonchev–Trinajstić information content (AvgIpc) is 2.62. The lowest BCUT2D eigenvalue weighted by Gasteiger charge is -2.28.